The molecule has 0 fully saturated rings. The quantitative estimate of drug-likeness (QED) is 0.595. The highest BCUT2D eigenvalue weighted by Crippen LogP contribution is 2.23. The van der Waals surface area contributed by atoms with Gasteiger partial charge in [-0.3, -0.25) is 0 Å². The van der Waals surface area contributed by atoms with Crippen LogP contribution in [0.1, 0.15) is 13.3 Å². The molecule has 0 amide bonds. The summed E-state index contributed by atoms with van der Waals surface area (Å²) in [5, 5.41) is 0. The van der Waals surface area contributed by atoms with Crippen LogP contribution in [0.4, 0.5) is 0 Å². The van der Waals surface area contributed by atoms with Crippen LogP contribution in [0.25, 0.3) is 0 Å². The zero-order chi connectivity index (χ0) is 7.56. The highest BCUT2D eigenvalue weighted by atomic mass is 79.9. The lowest BCUT2D eigenvalue weighted by atomic mass is 10.1. The molecular formula is C8H11BrO. The Hall–Kier alpha value is -0.240. The lowest BCUT2D eigenvalue weighted by molar-refractivity contribution is 0.299. The molecule has 0 radical (unpaired) electrons. The zero-order valence-corrected chi connectivity index (χ0v) is 7.81. The summed E-state index contributed by atoms with van der Waals surface area (Å²) in [4.78, 5) is 0.492. The van der Waals surface area contributed by atoms with E-state index in [1.165, 1.54) is 5.57 Å². The van der Waals surface area contributed by atoms with Crippen molar-refractivity contribution in [1.82, 2.24) is 0 Å². The fourth-order valence-electron chi connectivity index (χ4n) is 1.04. The molecule has 1 aliphatic rings. The Morgan fingerprint density at radius 3 is 2.90 bits per heavy atom. The molecule has 56 valence electrons. The second-order valence-electron chi connectivity index (χ2n) is 2.43. The topological polar surface area (TPSA) is 9.23 Å². The van der Waals surface area contributed by atoms with E-state index in [4.69, 9.17) is 4.74 Å². The van der Waals surface area contributed by atoms with Gasteiger partial charge in [-0.1, -0.05) is 22.0 Å². The molecule has 0 heterocycles. The van der Waals surface area contributed by atoms with E-state index in [1.54, 1.807) is 7.11 Å². The van der Waals surface area contributed by atoms with E-state index in [0.717, 1.165) is 12.2 Å². The van der Waals surface area contributed by atoms with Crippen molar-refractivity contribution < 1.29 is 4.74 Å². The van der Waals surface area contributed by atoms with E-state index in [0.29, 0.717) is 4.83 Å². The Bertz CT molecular complexity index is 182. The molecule has 10 heavy (non-hydrogen) atoms. The van der Waals surface area contributed by atoms with E-state index < -0.39 is 0 Å². The van der Waals surface area contributed by atoms with Crippen LogP contribution in [0.3, 0.4) is 0 Å². The third-order valence-corrected chi connectivity index (χ3v) is 2.23. The number of methoxy groups -OCH3 is 1. The van der Waals surface area contributed by atoms with Gasteiger partial charge >= 0.3 is 0 Å². The molecule has 0 spiro atoms. The number of hydrogen-bond donors (Lipinski definition) is 0. The van der Waals surface area contributed by atoms with E-state index >= 15 is 0 Å². The second kappa shape index (κ2) is 3.24. The Kier molecular flexibility index (Phi) is 2.55. The van der Waals surface area contributed by atoms with Crippen molar-refractivity contribution >= 4 is 15.9 Å². The van der Waals surface area contributed by atoms with E-state index in [1.807, 2.05) is 6.08 Å². The molecule has 0 saturated heterocycles. The third-order valence-electron chi connectivity index (χ3n) is 1.60. The first-order valence-corrected chi connectivity index (χ1v) is 4.21. The molecule has 2 heteroatoms. The molecule has 0 saturated carbocycles. The van der Waals surface area contributed by atoms with Gasteiger partial charge in [0.1, 0.15) is 5.76 Å². The summed E-state index contributed by atoms with van der Waals surface area (Å²) in [6, 6.07) is 0. The van der Waals surface area contributed by atoms with Crippen LogP contribution in [-0.4, -0.2) is 11.9 Å². The molecular weight excluding hydrogens is 192 g/mol. The van der Waals surface area contributed by atoms with Crippen molar-refractivity contribution in [2.75, 3.05) is 7.11 Å². The Labute approximate surface area is 69.9 Å². The number of halogens is 1. The maximum Gasteiger partial charge on any atom is 0.117 e. The first-order chi connectivity index (χ1) is 4.74. The minimum atomic E-state index is 0.492. The average molecular weight is 203 g/mol. The van der Waals surface area contributed by atoms with Crippen LogP contribution in [0.5, 0.6) is 0 Å². The van der Waals surface area contributed by atoms with Crippen molar-refractivity contribution in [2.24, 2.45) is 0 Å². The minimum absolute atomic E-state index is 0.492. The van der Waals surface area contributed by atoms with Gasteiger partial charge in [0.2, 0.25) is 0 Å². The molecule has 0 N–H and O–H groups in total. The normalized spacial score (nSPS) is 25.3. The standard InChI is InChI=1S/C8H11BrO/c1-6-5-7(9)3-4-8(6)10-2/h3-4,7H,5H2,1-2H3. The molecule has 1 atom stereocenters. The summed E-state index contributed by atoms with van der Waals surface area (Å²) in [5.41, 5.74) is 1.31. The highest BCUT2D eigenvalue weighted by Gasteiger charge is 2.09. The maximum absolute atomic E-state index is 5.12. The number of allylic oxidation sites excluding steroid dienone is 3. The molecule has 0 aliphatic heterocycles. The van der Waals surface area contributed by atoms with Gasteiger partial charge in [-0.15, -0.1) is 0 Å². The largest absolute Gasteiger partial charge is 0.497 e. The number of ether oxygens (including phenoxy) is 1. The van der Waals surface area contributed by atoms with Gasteiger partial charge in [-0.2, -0.15) is 0 Å². The van der Waals surface area contributed by atoms with E-state index in [-0.39, 0.29) is 0 Å². The van der Waals surface area contributed by atoms with Crippen LogP contribution < -0.4 is 0 Å². The van der Waals surface area contributed by atoms with Crippen molar-refractivity contribution in [3.8, 4) is 0 Å². The van der Waals surface area contributed by atoms with E-state index in [2.05, 4.69) is 28.9 Å². The predicted molar refractivity (Wildman–Crippen MR) is 46.2 cm³/mol. The summed E-state index contributed by atoms with van der Waals surface area (Å²) >= 11 is 3.51. The monoisotopic (exact) mass is 202 g/mol. The smallest absolute Gasteiger partial charge is 0.117 e. The summed E-state index contributed by atoms with van der Waals surface area (Å²) in [6.45, 7) is 2.09. The van der Waals surface area contributed by atoms with Gasteiger partial charge in [-0.25, -0.2) is 0 Å². The van der Waals surface area contributed by atoms with Gasteiger partial charge in [0, 0.05) is 4.83 Å². The fourth-order valence-corrected chi connectivity index (χ4v) is 1.68. The van der Waals surface area contributed by atoms with Crippen molar-refractivity contribution in [2.45, 2.75) is 18.2 Å². The van der Waals surface area contributed by atoms with Gasteiger partial charge in [0.05, 0.1) is 7.11 Å². The fraction of sp³-hybridized carbons (Fsp3) is 0.500. The van der Waals surface area contributed by atoms with Crippen molar-refractivity contribution in [3.63, 3.8) is 0 Å². The molecule has 1 unspecified atom stereocenters. The Morgan fingerprint density at radius 1 is 1.70 bits per heavy atom. The molecule has 0 bridgehead atoms. The third kappa shape index (κ3) is 1.63. The summed E-state index contributed by atoms with van der Waals surface area (Å²) in [5.74, 6) is 1.01. The van der Waals surface area contributed by atoms with Crippen LogP contribution in [-0.2, 0) is 4.74 Å². The molecule has 1 aliphatic carbocycles. The lowest BCUT2D eigenvalue weighted by Crippen LogP contribution is -2.02. The lowest BCUT2D eigenvalue weighted by Gasteiger charge is -2.14. The first-order valence-electron chi connectivity index (χ1n) is 3.30. The summed E-state index contributed by atoms with van der Waals surface area (Å²) < 4.78 is 5.12. The Balaban J connectivity index is 2.73. The maximum atomic E-state index is 5.12. The van der Waals surface area contributed by atoms with Crippen molar-refractivity contribution in [1.29, 1.82) is 0 Å². The first kappa shape index (κ1) is 7.86. The van der Waals surface area contributed by atoms with E-state index in [9.17, 15) is 0 Å². The number of hydrogen-bond acceptors (Lipinski definition) is 1. The Morgan fingerprint density at radius 2 is 2.40 bits per heavy atom. The zero-order valence-electron chi connectivity index (χ0n) is 6.23. The van der Waals surface area contributed by atoms with Crippen LogP contribution in [0.15, 0.2) is 23.5 Å². The summed E-state index contributed by atoms with van der Waals surface area (Å²) in [6.07, 6.45) is 5.17. The van der Waals surface area contributed by atoms with Crippen LogP contribution in [0.2, 0.25) is 0 Å². The number of rotatable bonds is 1. The molecule has 0 aromatic heterocycles. The molecule has 0 aromatic carbocycles. The van der Waals surface area contributed by atoms with Crippen LogP contribution in [0, 0.1) is 0 Å². The molecule has 1 rings (SSSR count). The van der Waals surface area contributed by atoms with Crippen molar-refractivity contribution in [3.05, 3.63) is 23.5 Å². The SMILES string of the molecule is COC1=C(C)CC(Br)C=C1. The molecule has 1 nitrogen and oxygen atoms in total. The van der Waals surface area contributed by atoms with Gasteiger partial charge < -0.3 is 4.74 Å². The van der Waals surface area contributed by atoms with Gasteiger partial charge in [0.15, 0.2) is 0 Å². The molecule has 0 aromatic rings. The average Bonchev–Trinajstić information content (AvgIpc) is 1.88. The van der Waals surface area contributed by atoms with Gasteiger partial charge in [-0.05, 0) is 25.0 Å². The summed E-state index contributed by atoms with van der Waals surface area (Å²) in [7, 11) is 1.71. The number of alkyl halides is 1. The minimum Gasteiger partial charge on any atom is -0.497 e. The van der Waals surface area contributed by atoms with Crippen LogP contribution >= 0.6 is 15.9 Å². The predicted octanol–water partition coefficient (Wildman–Crippen LogP) is 2.63. The second-order valence-corrected chi connectivity index (χ2v) is 3.60. The van der Waals surface area contributed by atoms with Gasteiger partial charge in [0.25, 0.3) is 0 Å². The highest BCUT2D eigenvalue weighted by molar-refractivity contribution is 9.09.